The van der Waals surface area contributed by atoms with Gasteiger partial charge in [0.25, 0.3) is 0 Å². The number of aromatic carboxylic acids is 1. The zero-order chi connectivity index (χ0) is 18.9. The molecule has 1 heterocycles. The lowest BCUT2D eigenvalue weighted by molar-refractivity contribution is -0.915. The first-order valence-electron chi connectivity index (χ1n) is 8.44. The number of rotatable bonds is 7. The van der Waals surface area contributed by atoms with Crippen molar-refractivity contribution in [1.29, 1.82) is 0 Å². The average Bonchev–Trinajstić information content (AvgIpc) is 3.10. The monoisotopic (exact) mass is 482 g/mol. The number of quaternary nitrogens is 1. The molecule has 0 spiro atoms. The first-order chi connectivity index (χ1) is 12.0. The minimum atomic E-state index is -1.30. The molecule has 0 saturated carbocycles. The number of aliphatic hydroxyl groups excluding tert-OH is 1. The lowest BCUT2D eigenvalue weighted by Crippen LogP contribution is -3.00. The number of methoxy groups -OCH3 is 3. The van der Waals surface area contributed by atoms with Crippen LogP contribution in [-0.2, 0) is 0 Å². The summed E-state index contributed by atoms with van der Waals surface area (Å²) in [6, 6.07) is 2.63. The highest BCUT2D eigenvalue weighted by atomic mass is 127. The van der Waals surface area contributed by atoms with Crippen LogP contribution < -0.4 is 43.3 Å². The maximum Gasteiger partial charge on any atom is 0.203 e. The molecule has 7 nitrogen and oxygen atoms in total. The van der Waals surface area contributed by atoms with E-state index in [4.69, 9.17) is 19.3 Å². The average molecular weight is 482 g/mol. The van der Waals surface area contributed by atoms with Gasteiger partial charge in [-0.3, -0.25) is 0 Å². The van der Waals surface area contributed by atoms with Crippen molar-refractivity contribution in [2.45, 2.75) is 19.8 Å². The molecule has 2 rings (SSSR count). The number of likely N-dealkylation sites (N-methyl/N-ethyl adjacent to an activating group) is 1. The van der Waals surface area contributed by atoms with Gasteiger partial charge in [0.15, 0.2) is 11.5 Å². The minimum Gasteiger partial charge on any atom is -1.00 e. The molecular weight excluding hydrogens is 453 g/mol. The van der Waals surface area contributed by atoms with Gasteiger partial charge in [-0.05, 0) is 19.1 Å². The molecule has 1 aromatic rings. The van der Waals surface area contributed by atoms with Gasteiger partial charge in [-0.25, -0.2) is 0 Å². The lowest BCUT2D eigenvalue weighted by atomic mass is 10.2. The number of carboxylic acid groups (broad SMARTS) is 1. The van der Waals surface area contributed by atoms with Gasteiger partial charge in [0, 0.05) is 18.4 Å². The Morgan fingerprint density at radius 1 is 1.12 bits per heavy atom. The second kappa shape index (κ2) is 12.2. The maximum absolute atomic E-state index is 10.7. The Morgan fingerprint density at radius 2 is 1.62 bits per heavy atom. The molecule has 1 aliphatic rings. The van der Waals surface area contributed by atoms with E-state index in [1.165, 1.54) is 65.9 Å². The van der Waals surface area contributed by atoms with E-state index in [0.29, 0.717) is 12.4 Å². The maximum atomic E-state index is 10.7. The van der Waals surface area contributed by atoms with Crippen molar-refractivity contribution in [3.05, 3.63) is 17.7 Å². The molecule has 150 valence electrons. The smallest absolute Gasteiger partial charge is 0.203 e. The Bertz CT molecular complexity index is 536. The largest absolute Gasteiger partial charge is 1.00 e. The van der Waals surface area contributed by atoms with E-state index in [1.807, 2.05) is 0 Å². The molecule has 0 amide bonds. The second-order valence-corrected chi connectivity index (χ2v) is 5.96. The molecule has 1 N–H and O–H groups in total. The Morgan fingerprint density at radius 3 is 1.92 bits per heavy atom. The SMILES string of the molecule is CC[N+]1(CCO)CCCC1.COc1cc(C(=O)[O-])cc(OC)c1OC.[I-]. The van der Waals surface area contributed by atoms with Gasteiger partial charge in [-0.15, -0.1) is 0 Å². The van der Waals surface area contributed by atoms with E-state index in [1.54, 1.807) is 0 Å². The van der Waals surface area contributed by atoms with E-state index < -0.39 is 5.97 Å². The number of halogens is 1. The zero-order valence-corrected chi connectivity index (χ0v) is 18.1. The molecular formula is C18H29INO6-. The fourth-order valence-corrected chi connectivity index (χ4v) is 3.12. The molecule has 1 fully saturated rings. The summed E-state index contributed by atoms with van der Waals surface area (Å²) >= 11 is 0. The number of ether oxygens (including phenoxy) is 3. The van der Waals surface area contributed by atoms with Crippen LogP contribution in [0.5, 0.6) is 17.2 Å². The van der Waals surface area contributed by atoms with Crippen molar-refractivity contribution in [3.8, 4) is 17.2 Å². The third kappa shape index (κ3) is 6.48. The van der Waals surface area contributed by atoms with Crippen LogP contribution in [0.3, 0.4) is 0 Å². The fourth-order valence-electron chi connectivity index (χ4n) is 3.12. The quantitative estimate of drug-likeness (QED) is 0.347. The van der Waals surface area contributed by atoms with E-state index in [9.17, 15) is 9.90 Å². The van der Waals surface area contributed by atoms with Crippen LogP contribution >= 0.6 is 0 Å². The molecule has 0 unspecified atom stereocenters. The van der Waals surface area contributed by atoms with Gasteiger partial charge in [0.1, 0.15) is 6.54 Å². The predicted octanol–water partition coefficient (Wildman–Crippen LogP) is -2.31. The number of aliphatic hydroxyl groups is 1. The van der Waals surface area contributed by atoms with Crippen molar-refractivity contribution < 1.29 is 57.7 Å². The molecule has 1 aliphatic heterocycles. The highest BCUT2D eigenvalue weighted by molar-refractivity contribution is 5.87. The van der Waals surface area contributed by atoms with Gasteiger partial charge >= 0.3 is 0 Å². The zero-order valence-electron chi connectivity index (χ0n) is 15.9. The van der Waals surface area contributed by atoms with E-state index in [2.05, 4.69) is 6.92 Å². The lowest BCUT2D eigenvalue weighted by Gasteiger charge is -2.32. The summed E-state index contributed by atoms with van der Waals surface area (Å²) in [4.78, 5) is 10.7. The van der Waals surface area contributed by atoms with Gasteiger partial charge in [-0.2, -0.15) is 0 Å². The number of carbonyl (C=O) groups is 1. The van der Waals surface area contributed by atoms with E-state index in [0.717, 1.165) is 11.0 Å². The third-order valence-electron chi connectivity index (χ3n) is 4.66. The number of nitrogens with zero attached hydrogens (tertiary/aromatic N) is 1. The van der Waals surface area contributed by atoms with E-state index >= 15 is 0 Å². The van der Waals surface area contributed by atoms with Gasteiger partial charge < -0.3 is 57.7 Å². The third-order valence-corrected chi connectivity index (χ3v) is 4.66. The standard InChI is InChI=1S/C10H12O5.C8H18NO.HI/c1-13-7-4-6(10(11)12)5-8(14-2)9(7)15-3;1-2-9(7-8-10)5-3-4-6-9;/h4-5H,1-3H3,(H,11,12);10H,2-8H2,1H3;1H/q;+1;/p-2. The first-order valence-corrected chi connectivity index (χ1v) is 8.44. The van der Waals surface area contributed by atoms with Crippen molar-refractivity contribution in [1.82, 2.24) is 0 Å². The number of hydrogen-bond donors (Lipinski definition) is 1. The summed E-state index contributed by atoms with van der Waals surface area (Å²) in [5.74, 6) is -0.369. The fraction of sp³-hybridized carbons (Fsp3) is 0.611. The van der Waals surface area contributed by atoms with Crippen LogP contribution in [0.25, 0.3) is 0 Å². The molecule has 0 atom stereocenters. The minimum absolute atomic E-state index is 0. The molecule has 1 aromatic carbocycles. The number of carbonyl (C=O) groups excluding carboxylic acids is 1. The topological polar surface area (TPSA) is 88.1 Å². The van der Waals surface area contributed by atoms with Crippen LogP contribution in [0.4, 0.5) is 0 Å². The van der Waals surface area contributed by atoms with E-state index in [-0.39, 0.29) is 41.0 Å². The normalized spacial score (nSPS) is 14.5. The number of carboxylic acids is 1. The Labute approximate surface area is 172 Å². The van der Waals surface area contributed by atoms with Gasteiger partial charge in [0.2, 0.25) is 5.75 Å². The van der Waals surface area contributed by atoms with Crippen LogP contribution in [0, 0.1) is 0 Å². The highest BCUT2D eigenvalue weighted by Crippen LogP contribution is 2.37. The van der Waals surface area contributed by atoms with Crippen LogP contribution in [-0.4, -0.2) is 69.7 Å². The molecule has 26 heavy (non-hydrogen) atoms. The molecule has 0 radical (unpaired) electrons. The molecule has 0 aromatic heterocycles. The highest BCUT2D eigenvalue weighted by Gasteiger charge is 2.28. The summed E-state index contributed by atoms with van der Waals surface area (Å²) in [7, 11) is 4.27. The summed E-state index contributed by atoms with van der Waals surface area (Å²) in [5, 5.41) is 19.5. The summed E-state index contributed by atoms with van der Waals surface area (Å²) in [5.41, 5.74) is -0.0236. The number of hydrogen-bond acceptors (Lipinski definition) is 6. The predicted molar refractivity (Wildman–Crippen MR) is 92.2 cm³/mol. The van der Waals surface area contributed by atoms with Gasteiger partial charge in [-0.1, -0.05) is 0 Å². The number of benzene rings is 1. The van der Waals surface area contributed by atoms with Gasteiger partial charge in [0.05, 0.1) is 53.5 Å². The van der Waals surface area contributed by atoms with Crippen molar-refractivity contribution in [2.75, 3.05) is 54.1 Å². The molecule has 1 saturated heterocycles. The number of likely N-dealkylation sites (tertiary alicyclic amines) is 1. The first kappa shape index (κ1) is 24.7. The Hall–Kier alpha value is -1.26. The Balaban J connectivity index is 0.000000497. The van der Waals surface area contributed by atoms with Crippen molar-refractivity contribution >= 4 is 5.97 Å². The van der Waals surface area contributed by atoms with Crippen molar-refractivity contribution in [3.63, 3.8) is 0 Å². The summed E-state index contributed by atoms with van der Waals surface area (Å²) in [6.07, 6.45) is 2.71. The second-order valence-electron chi connectivity index (χ2n) is 5.96. The van der Waals surface area contributed by atoms with Crippen LogP contribution in [0.1, 0.15) is 30.1 Å². The molecule has 0 aliphatic carbocycles. The van der Waals surface area contributed by atoms with Crippen LogP contribution in [0.2, 0.25) is 0 Å². The molecule has 8 heteroatoms. The molecule has 0 bridgehead atoms. The van der Waals surface area contributed by atoms with Crippen molar-refractivity contribution in [2.24, 2.45) is 0 Å². The van der Waals surface area contributed by atoms with Crippen LogP contribution in [0.15, 0.2) is 12.1 Å². The summed E-state index contributed by atoms with van der Waals surface area (Å²) < 4.78 is 16.1. The summed E-state index contributed by atoms with van der Waals surface area (Å²) in [6.45, 7) is 7.32. The Kier molecular flexibility index (Phi) is 11.6.